The van der Waals surface area contributed by atoms with E-state index in [0.29, 0.717) is 24.7 Å². The zero-order chi connectivity index (χ0) is 21.3. The summed E-state index contributed by atoms with van der Waals surface area (Å²) < 4.78 is 40.8. The minimum atomic E-state index is -3.45. The molecule has 1 aromatic carbocycles. The largest absolute Gasteiger partial charge is 0.322 e. The molecule has 0 unspecified atom stereocenters. The fraction of sp³-hybridized carbons (Fsp3) is 0.429. The van der Waals surface area contributed by atoms with Gasteiger partial charge < -0.3 is 10.2 Å². The molecule has 1 N–H and O–H groups in total. The number of benzene rings is 1. The van der Waals surface area contributed by atoms with Crippen LogP contribution in [0.1, 0.15) is 29.9 Å². The highest BCUT2D eigenvalue weighted by Crippen LogP contribution is 2.31. The SMILES string of the molecule is Cc1ccc(F)cc1NC(=O)N1CC(S(=O)(=O)N2CCC(c3ccncc3)CC2)C1. The van der Waals surface area contributed by atoms with Gasteiger partial charge in [-0.05, 0) is 61.1 Å². The van der Waals surface area contributed by atoms with Gasteiger partial charge in [-0.15, -0.1) is 0 Å². The Morgan fingerprint density at radius 3 is 2.47 bits per heavy atom. The number of likely N-dealkylation sites (tertiary alicyclic amines) is 1. The van der Waals surface area contributed by atoms with Crippen LogP contribution >= 0.6 is 0 Å². The molecule has 0 spiro atoms. The molecule has 2 amide bonds. The van der Waals surface area contributed by atoms with E-state index in [1.807, 2.05) is 12.1 Å². The van der Waals surface area contributed by atoms with E-state index in [4.69, 9.17) is 0 Å². The van der Waals surface area contributed by atoms with E-state index in [2.05, 4.69) is 10.3 Å². The first kappa shape index (κ1) is 20.7. The quantitative estimate of drug-likeness (QED) is 0.805. The molecule has 30 heavy (non-hydrogen) atoms. The molecule has 9 heteroatoms. The fourth-order valence-corrected chi connectivity index (χ4v) is 5.88. The fourth-order valence-electron chi connectivity index (χ4n) is 4.01. The lowest BCUT2D eigenvalue weighted by Gasteiger charge is -2.42. The number of halogens is 1. The Hall–Kier alpha value is -2.52. The maximum Gasteiger partial charge on any atom is 0.321 e. The van der Waals surface area contributed by atoms with Crippen molar-refractivity contribution in [3.8, 4) is 0 Å². The van der Waals surface area contributed by atoms with Crippen molar-refractivity contribution in [2.24, 2.45) is 0 Å². The molecule has 3 heterocycles. The summed E-state index contributed by atoms with van der Waals surface area (Å²) in [5, 5.41) is 2.07. The number of amides is 2. The number of hydrogen-bond donors (Lipinski definition) is 1. The highest BCUT2D eigenvalue weighted by atomic mass is 32.2. The van der Waals surface area contributed by atoms with Crippen LogP contribution in [0, 0.1) is 12.7 Å². The lowest BCUT2D eigenvalue weighted by atomic mass is 9.91. The number of sulfonamides is 1. The Bertz CT molecular complexity index is 1020. The third-order valence-electron chi connectivity index (χ3n) is 5.99. The Balaban J connectivity index is 1.30. The second-order valence-corrected chi connectivity index (χ2v) is 10.1. The lowest BCUT2D eigenvalue weighted by molar-refractivity contribution is 0.179. The minimum absolute atomic E-state index is 0.146. The Morgan fingerprint density at radius 1 is 1.13 bits per heavy atom. The number of carbonyl (C=O) groups is 1. The number of nitrogens with one attached hydrogen (secondary N) is 1. The molecule has 0 aliphatic carbocycles. The molecule has 0 atom stereocenters. The molecule has 2 saturated heterocycles. The van der Waals surface area contributed by atoms with Crippen LogP contribution in [0.5, 0.6) is 0 Å². The third-order valence-corrected chi connectivity index (χ3v) is 8.21. The Kier molecular flexibility index (Phi) is 5.75. The maximum absolute atomic E-state index is 13.4. The predicted octanol–water partition coefficient (Wildman–Crippen LogP) is 2.95. The predicted molar refractivity (Wildman–Crippen MR) is 112 cm³/mol. The minimum Gasteiger partial charge on any atom is -0.322 e. The number of aryl methyl sites for hydroxylation is 1. The summed E-state index contributed by atoms with van der Waals surface area (Å²) >= 11 is 0. The number of urea groups is 1. The van der Waals surface area contributed by atoms with Gasteiger partial charge in [0, 0.05) is 44.3 Å². The molecule has 2 aliphatic rings. The van der Waals surface area contributed by atoms with Gasteiger partial charge in [-0.2, -0.15) is 0 Å². The summed E-state index contributed by atoms with van der Waals surface area (Å²) in [6.07, 6.45) is 5.08. The zero-order valence-corrected chi connectivity index (χ0v) is 17.6. The molecule has 0 radical (unpaired) electrons. The second kappa shape index (κ2) is 8.31. The molecule has 2 aliphatic heterocycles. The van der Waals surface area contributed by atoms with Gasteiger partial charge >= 0.3 is 6.03 Å². The van der Waals surface area contributed by atoms with Crippen molar-refractivity contribution in [2.75, 3.05) is 31.5 Å². The van der Waals surface area contributed by atoms with E-state index < -0.39 is 27.1 Å². The first-order valence-electron chi connectivity index (χ1n) is 10.1. The van der Waals surface area contributed by atoms with E-state index in [1.165, 1.54) is 22.6 Å². The highest BCUT2D eigenvalue weighted by Gasteiger charge is 2.43. The van der Waals surface area contributed by atoms with Gasteiger partial charge in [-0.3, -0.25) is 4.98 Å². The van der Waals surface area contributed by atoms with Gasteiger partial charge in [-0.25, -0.2) is 21.9 Å². The van der Waals surface area contributed by atoms with Crippen LogP contribution in [-0.2, 0) is 10.0 Å². The van der Waals surface area contributed by atoms with Crippen LogP contribution in [0.2, 0.25) is 0 Å². The Labute approximate surface area is 176 Å². The van der Waals surface area contributed by atoms with Crippen LogP contribution in [0.3, 0.4) is 0 Å². The number of rotatable bonds is 4. The van der Waals surface area contributed by atoms with Crippen molar-refractivity contribution in [3.05, 3.63) is 59.7 Å². The molecular formula is C21H25FN4O3S. The van der Waals surface area contributed by atoms with E-state index in [1.54, 1.807) is 29.7 Å². The number of pyridine rings is 1. The molecule has 2 fully saturated rings. The van der Waals surface area contributed by atoms with Crippen LogP contribution in [0.15, 0.2) is 42.7 Å². The second-order valence-electron chi connectivity index (χ2n) is 7.92. The van der Waals surface area contributed by atoms with Crippen molar-refractivity contribution >= 4 is 21.7 Å². The van der Waals surface area contributed by atoms with Crippen molar-refractivity contribution in [2.45, 2.75) is 30.9 Å². The van der Waals surface area contributed by atoms with E-state index in [9.17, 15) is 17.6 Å². The first-order valence-corrected chi connectivity index (χ1v) is 11.6. The van der Waals surface area contributed by atoms with Crippen LogP contribution in [0.25, 0.3) is 0 Å². The average molecular weight is 433 g/mol. The summed E-state index contributed by atoms with van der Waals surface area (Å²) in [5.41, 5.74) is 2.33. The van der Waals surface area contributed by atoms with Gasteiger partial charge in [0.25, 0.3) is 0 Å². The third kappa shape index (κ3) is 4.17. The first-order chi connectivity index (χ1) is 14.3. The van der Waals surface area contributed by atoms with Crippen molar-refractivity contribution in [3.63, 3.8) is 0 Å². The van der Waals surface area contributed by atoms with Gasteiger partial charge in [0.2, 0.25) is 10.0 Å². The smallest absolute Gasteiger partial charge is 0.321 e. The van der Waals surface area contributed by atoms with E-state index in [0.717, 1.165) is 18.4 Å². The summed E-state index contributed by atoms with van der Waals surface area (Å²) in [7, 11) is -3.45. The standard InChI is InChI=1S/C21H25FN4O3S/c1-15-2-3-18(22)12-20(15)24-21(27)25-13-19(14-25)30(28,29)26-10-6-17(7-11-26)16-4-8-23-9-5-16/h2-5,8-9,12,17,19H,6-7,10-11,13-14H2,1H3,(H,24,27). The molecule has 2 aromatic rings. The van der Waals surface area contributed by atoms with Crippen molar-refractivity contribution in [1.82, 2.24) is 14.2 Å². The molecule has 0 saturated carbocycles. The molecular weight excluding hydrogens is 407 g/mol. The number of nitrogens with zero attached hydrogens (tertiary/aromatic N) is 3. The van der Waals surface area contributed by atoms with Crippen LogP contribution in [-0.4, -0.2) is 60.1 Å². The topological polar surface area (TPSA) is 82.6 Å². The molecule has 4 rings (SSSR count). The van der Waals surface area contributed by atoms with Crippen molar-refractivity contribution < 1.29 is 17.6 Å². The van der Waals surface area contributed by atoms with E-state index >= 15 is 0 Å². The van der Waals surface area contributed by atoms with E-state index in [-0.39, 0.29) is 13.1 Å². The lowest BCUT2D eigenvalue weighted by Crippen LogP contribution is -2.61. The van der Waals surface area contributed by atoms with Crippen LogP contribution in [0.4, 0.5) is 14.9 Å². The normalized spacial score (nSPS) is 18.8. The highest BCUT2D eigenvalue weighted by molar-refractivity contribution is 7.89. The number of carbonyl (C=O) groups excluding carboxylic acids is 1. The van der Waals surface area contributed by atoms with Crippen LogP contribution < -0.4 is 5.32 Å². The summed E-state index contributed by atoms with van der Waals surface area (Å²) in [4.78, 5) is 17.9. The van der Waals surface area contributed by atoms with Gasteiger partial charge in [0.1, 0.15) is 11.1 Å². The molecule has 7 nitrogen and oxygen atoms in total. The van der Waals surface area contributed by atoms with Crippen molar-refractivity contribution in [1.29, 1.82) is 0 Å². The zero-order valence-electron chi connectivity index (χ0n) is 16.8. The number of piperidine rings is 1. The molecule has 160 valence electrons. The van der Waals surface area contributed by atoms with Gasteiger partial charge in [-0.1, -0.05) is 6.07 Å². The monoisotopic (exact) mass is 432 g/mol. The summed E-state index contributed by atoms with van der Waals surface area (Å²) in [5.74, 6) is -0.0900. The number of hydrogen-bond acceptors (Lipinski definition) is 4. The van der Waals surface area contributed by atoms with Gasteiger partial charge in [0.15, 0.2) is 0 Å². The van der Waals surface area contributed by atoms with Gasteiger partial charge in [0.05, 0.1) is 0 Å². The number of anilines is 1. The maximum atomic E-state index is 13.4. The average Bonchev–Trinajstić information content (AvgIpc) is 2.70. The molecule has 0 bridgehead atoms. The molecule has 1 aromatic heterocycles. The summed E-state index contributed by atoms with van der Waals surface area (Å²) in [6.45, 7) is 3.04. The Morgan fingerprint density at radius 2 is 1.80 bits per heavy atom. The number of aromatic nitrogens is 1. The summed E-state index contributed by atoms with van der Waals surface area (Å²) in [6, 6.07) is 7.73.